The summed E-state index contributed by atoms with van der Waals surface area (Å²) in [4.78, 5) is 38.5. The van der Waals surface area contributed by atoms with Crippen LogP contribution < -0.4 is 0 Å². The van der Waals surface area contributed by atoms with Crippen molar-refractivity contribution in [2.24, 2.45) is 0 Å². The minimum absolute atomic E-state index is 0.0661. The lowest BCUT2D eigenvalue weighted by Gasteiger charge is -2.18. The Kier molecular flexibility index (Phi) is 69.5. The molecular weight excluding hydrogens is 1010 g/mol. The number of hydrogen-bond donors (Lipinski definition) is 0. The highest BCUT2D eigenvalue weighted by atomic mass is 16.6. The smallest absolute Gasteiger partial charge is 0.306 e. The van der Waals surface area contributed by atoms with E-state index in [0.717, 1.165) is 57.8 Å². The van der Waals surface area contributed by atoms with Crippen LogP contribution in [0.5, 0.6) is 0 Å². The number of hydrogen-bond acceptors (Lipinski definition) is 6. The Balaban J connectivity index is 4.25. The summed E-state index contributed by atoms with van der Waals surface area (Å²) in [6.45, 7) is 6.73. The van der Waals surface area contributed by atoms with Gasteiger partial charge in [0.1, 0.15) is 13.2 Å². The van der Waals surface area contributed by atoms with Gasteiger partial charge in [-0.05, 0) is 70.6 Å². The molecule has 0 aromatic heterocycles. The Labute approximate surface area is 513 Å². The molecule has 0 N–H and O–H groups in total. The summed E-state index contributed by atoms with van der Waals surface area (Å²) in [7, 11) is 0. The molecule has 0 fully saturated rings. The average Bonchev–Trinajstić information content (AvgIpc) is 3.47. The second-order valence-electron chi connectivity index (χ2n) is 25.6. The zero-order chi connectivity index (χ0) is 59.2. The Hall–Kier alpha value is -2.11. The molecule has 82 heavy (non-hydrogen) atoms. The molecule has 0 saturated heterocycles. The summed E-state index contributed by atoms with van der Waals surface area (Å²) in [5.41, 5.74) is 0. The summed E-state index contributed by atoms with van der Waals surface area (Å²) in [5, 5.41) is 0. The fourth-order valence-electron chi connectivity index (χ4n) is 11.6. The second-order valence-corrected chi connectivity index (χ2v) is 25.6. The number of allylic oxidation sites excluding steroid dienone is 4. The molecule has 1 unspecified atom stereocenters. The molecule has 0 aliphatic carbocycles. The first-order valence-corrected chi connectivity index (χ1v) is 37.3. The number of rotatable bonds is 70. The van der Waals surface area contributed by atoms with E-state index in [1.165, 1.54) is 327 Å². The van der Waals surface area contributed by atoms with Crippen LogP contribution in [0.15, 0.2) is 24.3 Å². The number of esters is 3. The lowest BCUT2D eigenvalue weighted by Crippen LogP contribution is -2.30. The molecule has 0 radical (unpaired) electrons. The molecule has 0 bridgehead atoms. The van der Waals surface area contributed by atoms with Crippen LogP contribution in [0.2, 0.25) is 0 Å². The van der Waals surface area contributed by atoms with E-state index in [1.54, 1.807) is 0 Å². The first-order valence-electron chi connectivity index (χ1n) is 37.3. The summed E-state index contributed by atoms with van der Waals surface area (Å²) in [6, 6.07) is 0. The Morgan fingerprint density at radius 3 is 0.610 bits per heavy atom. The van der Waals surface area contributed by atoms with Gasteiger partial charge >= 0.3 is 17.9 Å². The summed E-state index contributed by atoms with van der Waals surface area (Å²) in [6.07, 6.45) is 87.9. The highest BCUT2D eigenvalue weighted by Gasteiger charge is 2.20. The zero-order valence-electron chi connectivity index (χ0n) is 55.8. The quantitative estimate of drug-likeness (QED) is 0.0261. The molecule has 0 aliphatic rings. The van der Waals surface area contributed by atoms with E-state index in [-0.39, 0.29) is 31.1 Å². The van der Waals surface area contributed by atoms with Gasteiger partial charge in [-0.1, -0.05) is 360 Å². The van der Waals surface area contributed by atoms with Gasteiger partial charge in [0.15, 0.2) is 6.10 Å². The third-order valence-electron chi connectivity index (χ3n) is 17.2. The maximum absolute atomic E-state index is 13.0. The van der Waals surface area contributed by atoms with Gasteiger partial charge in [0.2, 0.25) is 0 Å². The van der Waals surface area contributed by atoms with Crippen LogP contribution >= 0.6 is 0 Å². The van der Waals surface area contributed by atoms with Gasteiger partial charge in [-0.25, -0.2) is 0 Å². The van der Waals surface area contributed by atoms with E-state index in [4.69, 9.17) is 14.2 Å². The lowest BCUT2D eigenvalue weighted by molar-refractivity contribution is -0.167. The van der Waals surface area contributed by atoms with E-state index in [0.29, 0.717) is 19.3 Å². The lowest BCUT2D eigenvalue weighted by atomic mass is 10.0. The fourth-order valence-corrected chi connectivity index (χ4v) is 11.6. The number of carbonyl (C=O) groups excluding carboxylic acids is 3. The van der Waals surface area contributed by atoms with Crippen molar-refractivity contribution in [3.8, 4) is 0 Å². The molecule has 1 atom stereocenters. The topological polar surface area (TPSA) is 78.9 Å². The average molecular weight is 1150 g/mol. The van der Waals surface area contributed by atoms with E-state index in [9.17, 15) is 14.4 Å². The zero-order valence-corrected chi connectivity index (χ0v) is 55.8. The third kappa shape index (κ3) is 68.7. The van der Waals surface area contributed by atoms with Crippen molar-refractivity contribution in [3.63, 3.8) is 0 Å². The van der Waals surface area contributed by atoms with Gasteiger partial charge in [-0.2, -0.15) is 0 Å². The van der Waals surface area contributed by atoms with Crippen LogP contribution in [0.25, 0.3) is 0 Å². The highest BCUT2D eigenvalue weighted by molar-refractivity contribution is 5.71. The molecule has 0 rings (SSSR count). The molecule has 0 heterocycles. The maximum Gasteiger partial charge on any atom is 0.306 e. The molecule has 6 nitrogen and oxygen atoms in total. The largest absolute Gasteiger partial charge is 0.462 e. The predicted molar refractivity (Wildman–Crippen MR) is 358 cm³/mol. The molecule has 0 aliphatic heterocycles. The first-order chi connectivity index (χ1) is 40.5. The van der Waals surface area contributed by atoms with Gasteiger partial charge in [0.25, 0.3) is 0 Å². The van der Waals surface area contributed by atoms with Gasteiger partial charge in [-0.3, -0.25) is 14.4 Å². The van der Waals surface area contributed by atoms with Crippen LogP contribution in [0.4, 0.5) is 0 Å². The van der Waals surface area contributed by atoms with Crippen molar-refractivity contribution in [1.29, 1.82) is 0 Å². The molecule has 6 heteroatoms. The third-order valence-corrected chi connectivity index (χ3v) is 17.2. The van der Waals surface area contributed by atoms with Crippen molar-refractivity contribution in [2.75, 3.05) is 13.2 Å². The normalized spacial score (nSPS) is 12.1. The number of unbranched alkanes of at least 4 members (excludes halogenated alkanes) is 55. The van der Waals surface area contributed by atoms with Crippen LogP contribution in [0, 0.1) is 0 Å². The van der Waals surface area contributed by atoms with Crippen molar-refractivity contribution < 1.29 is 28.6 Å². The molecule has 0 saturated carbocycles. The summed E-state index contributed by atoms with van der Waals surface area (Å²) < 4.78 is 17.0. The Morgan fingerprint density at radius 1 is 0.232 bits per heavy atom. The number of ether oxygens (including phenoxy) is 3. The van der Waals surface area contributed by atoms with Crippen molar-refractivity contribution in [1.82, 2.24) is 0 Å². The summed E-state index contributed by atoms with van der Waals surface area (Å²) in [5.74, 6) is -0.834. The van der Waals surface area contributed by atoms with Crippen molar-refractivity contribution in [2.45, 2.75) is 431 Å². The minimum atomic E-state index is -0.771. The SMILES string of the molecule is CCCCCCCCC/C=C\CCCCCCCCCC(=O)OCC(COC(=O)CCCCCCCCCCCCCCCCC/C=C\CCCCCCCCCC)OC(=O)CCCCCCCCCCCCCCCCCCCCC. The van der Waals surface area contributed by atoms with Crippen LogP contribution in [0.3, 0.4) is 0 Å². The van der Waals surface area contributed by atoms with Gasteiger partial charge in [0, 0.05) is 19.3 Å². The Bertz CT molecular complexity index is 1320. The predicted octanol–water partition coefficient (Wildman–Crippen LogP) is 25.7. The van der Waals surface area contributed by atoms with Crippen LogP contribution in [-0.4, -0.2) is 37.2 Å². The Morgan fingerprint density at radius 2 is 0.402 bits per heavy atom. The molecule has 0 aromatic carbocycles. The second kappa shape index (κ2) is 71.4. The van der Waals surface area contributed by atoms with Crippen molar-refractivity contribution in [3.05, 3.63) is 24.3 Å². The highest BCUT2D eigenvalue weighted by Crippen LogP contribution is 2.19. The number of carbonyl (C=O) groups is 3. The maximum atomic E-state index is 13.0. The molecular formula is C76H144O6. The fraction of sp³-hybridized carbons (Fsp3) is 0.908. The minimum Gasteiger partial charge on any atom is -0.462 e. The van der Waals surface area contributed by atoms with E-state index in [2.05, 4.69) is 45.1 Å². The van der Waals surface area contributed by atoms with Gasteiger partial charge < -0.3 is 14.2 Å². The summed E-state index contributed by atoms with van der Waals surface area (Å²) >= 11 is 0. The van der Waals surface area contributed by atoms with E-state index >= 15 is 0 Å². The molecule has 0 aromatic rings. The standard InChI is InChI=1S/C76H144O6/c1-4-7-10-13-16-19-22-25-28-31-34-35-36-37-38-39-40-41-43-45-48-51-54-57-60-63-66-69-75(78)81-72-73(71-80-74(77)68-65-62-59-56-53-50-47-44-33-30-27-24-21-18-15-12-9-6-3)82-76(79)70-67-64-61-58-55-52-49-46-42-32-29-26-23-20-17-14-11-8-5-2/h30-31,33-34,73H,4-29,32,35-72H2,1-3H3/b33-30-,34-31-. The molecule has 484 valence electrons. The van der Waals surface area contributed by atoms with Crippen molar-refractivity contribution >= 4 is 17.9 Å². The van der Waals surface area contributed by atoms with Gasteiger partial charge in [-0.15, -0.1) is 0 Å². The van der Waals surface area contributed by atoms with E-state index < -0.39 is 6.10 Å². The molecule has 0 amide bonds. The molecule has 0 spiro atoms. The first kappa shape index (κ1) is 79.9. The van der Waals surface area contributed by atoms with Gasteiger partial charge in [0.05, 0.1) is 0 Å². The van der Waals surface area contributed by atoms with Crippen LogP contribution in [0.1, 0.15) is 425 Å². The van der Waals surface area contributed by atoms with Crippen LogP contribution in [-0.2, 0) is 28.6 Å². The monoisotopic (exact) mass is 1150 g/mol. The van der Waals surface area contributed by atoms with E-state index in [1.807, 2.05) is 0 Å².